The van der Waals surface area contributed by atoms with Gasteiger partial charge in [0.05, 0.1) is 11.4 Å². The molecule has 1 aliphatic heterocycles. The first-order valence-corrected chi connectivity index (χ1v) is 11.3. The Bertz CT molecular complexity index is 906. The van der Waals surface area contributed by atoms with Crippen molar-refractivity contribution < 1.29 is 13.2 Å². The molecule has 2 aromatic carbocycles. The van der Waals surface area contributed by atoms with Crippen LogP contribution in [-0.2, 0) is 10.0 Å². The quantitative estimate of drug-likeness (QED) is 0.706. The van der Waals surface area contributed by atoms with E-state index in [-0.39, 0.29) is 18.4 Å². The minimum absolute atomic E-state index is 0.00389. The lowest BCUT2D eigenvalue weighted by Crippen LogP contribution is -2.43. The number of nitrogens with zero attached hydrogens (tertiary/aromatic N) is 1. The molecule has 0 aromatic heterocycles. The summed E-state index contributed by atoms with van der Waals surface area (Å²) in [6.45, 7) is 4.77. The molecule has 5 nitrogen and oxygen atoms in total. The second-order valence-corrected chi connectivity index (χ2v) is 9.23. The van der Waals surface area contributed by atoms with E-state index in [9.17, 15) is 13.2 Å². The van der Waals surface area contributed by atoms with E-state index in [4.69, 9.17) is 0 Å². The van der Waals surface area contributed by atoms with E-state index in [1.54, 1.807) is 28.6 Å². The van der Waals surface area contributed by atoms with Crippen LogP contribution in [0.5, 0.6) is 0 Å². The Morgan fingerprint density at radius 2 is 1.75 bits per heavy atom. The summed E-state index contributed by atoms with van der Waals surface area (Å²) in [7, 11) is -3.48. The van der Waals surface area contributed by atoms with Crippen LogP contribution in [0.2, 0.25) is 0 Å². The highest BCUT2D eigenvalue weighted by Crippen LogP contribution is 2.27. The van der Waals surface area contributed by atoms with Crippen molar-refractivity contribution in [2.45, 2.75) is 50.5 Å². The van der Waals surface area contributed by atoms with Gasteiger partial charge in [-0.25, -0.2) is 8.42 Å². The molecule has 1 unspecified atom stereocenters. The number of rotatable bonds is 7. The van der Waals surface area contributed by atoms with Crippen molar-refractivity contribution >= 4 is 21.5 Å². The largest absolute Gasteiger partial charge is 0.378 e. The van der Waals surface area contributed by atoms with Crippen molar-refractivity contribution in [2.24, 2.45) is 0 Å². The maximum absolute atomic E-state index is 13.0. The van der Waals surface area contributed by atoms with Crippen LogP contribution >= 0.6 is 0 Å². The van der Waals surface area contributed by atoms with E-state index in [0.29, 0.717) is 17.0 Å². The Morgan fingerprint density at radius 1 is 1.07 bits per heavy atom. The van der Waals surface area contributed by atoms with Gasteiger partial charge in [-0.2, -0.15) is 4.31 Å². The smallest absolute Gasteiger partial charge is 0.243 e. The first-order chi connectivity index (χ1) is 13.4. The van der Waals surface area contributed by atoms with E-state index in [1.807, 2.05) is 38.1 Å². The van der Waals surface area contributed by atoms with Gasteiger partial charge in [0, 0.05) is 23.8 Å². The molecule has 0 spiro atoms. The van der Waals surface area contributed by atoms with Gasteiger partial charge >= 0.3 is 0 Å². The Balaban J connectivity index is 1.65. The molecule has 150 valence electrons. The number of hydrogen-bond donors (Lipinski definition) is 1. The summed E-state index contributed by atoms with van der Waals surface area (Å²) in [5.41, 5.74) is 2.50. The number of piperidine rings is 1. The molecule has 28 heavy (non-hydrogen) atoms. The van der Waals surface area contributed by atoms with Gasteiger partial charge in [0.15, 0.2) is 5.78 Å². The highest BCUT2D eigenvalue weighted by atomic mass is 32.2. The lowest BCUT2D eigenvalue weighted by Gasteiger charge is -2.34. The van der Waals surface area contributed by atoms with Gasteiger partial charge in [-0.15, -0.1) is 0 Å². The van der Waals surface area contributed by atoms with Gasteiger partial charge < -0.3 is 5.32 Å². The number of sulfonamides is 1. The van der Waals surface area contributed by atoms with Crippen LogP contribution in [0.15, 0.2) is 53.4 Å². The molecule has 1 heterocycles. The van der Waals surface area contributed by atoms with Crippen molar-refractivity contribution in [1.82, 2.24) is 4.31 Å². The first kappa shape index (κ1) is 20.6. The lowest BCUT2D eigenvalue weighted by atomic mass is 10.0. The minimum atomic E-state index is -3.48. The normalized spacial score (nSPS) is 18.0. The SMILES string of the molecule is CCC1CCCCN1S(=O)(=O)c1ccc(NCC(=O)c2ccc(C)cc2)cc1. The number of nitrogens with one attached hydrogen (secondary N) is 1. The highest BCUT2D eigenvalue weighted by Gasteiger charge is 2.32. The maximum Gasteiger partial charge on any atom is 0.243 e. The molecular formula is C22H28N2O3S. The molecule has 3 rings (SSSR count). The predicted molar refractivity (Wildman–Crippen MR) is 112 cm³/mol. The van der Waals surface area contributed by atoms with E-state index in [0.717, 1.165) is 36.9 Å². The maximum atomic E-state index is 13.0. The standard InChI is InChI=1S/C22H28N2O3S/c1-3-20-6-4-5-15-24(20)28(26,27)21-13-11-19(12-14-21)23-16-22(25)18-9-7-17(2)8-10-18/h7-14,20,23H,3-6,15-16H2,1-2H3. The molecule has 0 saturated carbocycles. The molecule has 0 aliphatic carbocycles. The summed E-state index contributed by atoms with van der Waals surface area (Å²) in [5.74, 6) is -0.00389. The van der Waals surface area contributed by atoms with Gasteiger partial charge in [0.1, 0.15) is 0 Å². The van der Waals surface area contributed by atoms with Crippen molar-refractivity contribution in [3.05, 3.63) is 59.7 Å². The zero-order chi connectivity index (χ0) is 20.1. The molecule has 6 heteroatoms. The predicted octanol–water partition coefficient (Wildman–Crippen LogP) is 4.24. The molecule has 1 aliphatic rings. The monoisotopic (exact) mass is 400 g/mol. The third-order valence-electron chi connectivity index (χ3n) is 5.33. The molecule has 1 saturated heterocycles. The molecule has 1 atom stereocenters. The second-order valence-electron chi connectivity index (χ2n) is 7.34. The lowest BCUT2D eigenvalue weighted by molar-refractivity contribution is 0.101. The summed E-state index contributed by atoms with van der Waals surface area (Å²) in [6, 6.07) is 14.2. The fraction of sp³-hybridized carbons (Fsp3) is 0.409. The number of benzene rings is 2. The first-order valence-electron chi connectivity index (χ1n) is 9.87. The van der Waals surface area contributed by atoms with Gasteiger partial charge in [-0.3, -0.25) is 4.79 Å². The number of anilines is 1. The van der Waals surface area contributed by atoms with E-state index in [2.05, 4.69) is 5.32 Å². The van der Waals surface area contributed by atoms with Gasteiger partial charge in [-0.1, -0.05) is 43.2 Å². The Hall–Kier alpha value is -2.18. The van der Waals surface area contributed by atoms with Crippen LogP contribution in [-0.4, -0.2) is 37.6 Å². The van der Waals surface area contributed by atoms with E-state index >= 15 is 0 Å². The van der Waals surface area contributed by atoms with Crippen molar-refractivity contribution in [3.63, 3.8) is 0 Å². The van der Waals surface area contributed by atoms with Crippen LogP contribution < -0.4 is 5.32 Å². The Labute approximate surface area is 167 Å². The zero-order valence-corrected chi connectivity index (χ0v) is 17.3. The molecule has 1 N–H and O–H groups in total. The van der Waals surface area contributed by atoms with Crippen LogP contribution in [0.1, 0.15) is 48.5 Å². The average Bonchev–Trinajstić information content (AvgIpc) is 2.72. The van der Waals surface area contributed by atoms with E-state index in [1.165, 1.54) is 0 Å². The number of Topliss-reactive ketones (excluding diaryl/α,β-unsaturated/α-hetero) is 1. The van der Waals surface area contributed by atoms with Crippen molar-refractivity contribution in [2.75, 3.05) is 18.4 Å². The topological polar surface area (TPSA) is 66.5 Å². The fourth-order valence-corrected chi connectivity index (χ4v) is 5.37. The molecule has 0 radical (unpaired) electrons. The summed E-state index contributed by atoms with van der Waals surface area (Å²) in [4.78, 5) is 12.6. The average molecular weight is 401 g/mol. The summed E-state index contributed by atoms with van der Waals surface area (Å²) in [6.07, 6.45) is 3.76. The number of aryl methyl sites for hydroxylation is 1. The number of carbonyl (C=O) groups excluding carboxylic acids is 1. The summed E-state index contributed by atoms with van der Waals surface area (Å²) >= 11 is 0. The van der Waals surface area contributed by atoms with Crippen LogP contribution in [0, 0.1) is 6.92 Å². The third-order valence-corrected chi connectivity index (χ3v) is 7.30. The minimum Gasteiger partial charge on any atom is -0.378 e. The van der Waals surface area contributed by atoms with Crippen molar-refractivity contribution in [1.29, 1.82) is 0 Å². The summed E-state index contributed by atoms with van der Waals surface area (Å²) in [5, 5.41) is 3.08. The highest BCUT2D eigenvalue weighted by molar-refractivity contribution is 7.89. The molecule has 2 aromatic rings. The third kappa shape index (κ3) is 4.62. The van der Waals surface area contributed by atoms with Crippen LogP contribution in [0.3, 0.4) is 0 Å². The van der Waals surface area contributed by atoms with Gasteiger partial charge in [0.2, 0.25) is 10.0 Å². The Kier molecular flexibility index (Phi) is 6.52. The molecule has 1 fully saturated rings. The second kappa shape index (κ2) is 8.88. The van der Waals surface area contributed by atoms with E-state index < -0.39 is 10.0 Å². The van der Waals surface area contributed by atoms with Crippen LogP contribution in [0.4, 0.5) is 5.69 Å². The number of ketones is 1. The molecular weight excluding hydrogens is 372 g/mol. The van der Waals surface area contributed by atoms with Crippen molar-refractivity contribution in [3.8, 4) is 0 Å². The number of hydrogen-bond acceptors (Lipinski definition) is 4. The van der Waals surface area contributed by atoms with Gasteiger partial charge in [-0.05, 0) is 50.5 Å². The number of carbonyl (C=O) groups is 1. The van der Waals surface area contributed by atoms with Gasteiger partial charge in [0.25, 0.3) is 0 Å². The molecule has 0 amide bonds. The summed E-state index contributed by atoms with van der Waals surface area (Å²) < 4.78 is 27.6. The Morgan fingerprint density at radius 3 is 2.39 bits per heavy atom. The fourth-order valence-electron chi connectivity index (χ4n) is 3.60. The zero-order valence-electron chi connectivity index (χ0n) is 16.5. The molecule has 0 bridgehead atoms. The van der Waals surface area contributed by atoms with Crippen LogP contribution in [0.25, 0.3) is 0 Å².